The number of nitrogens with zero attached hydrogens (tertiary/aromatic N) is 2. The first-order valence-corrected chi connectivity index (χ1v) is 9.48. The molecule has 1 heterocycles. The number of nitrogens with two attached hydrogens (primary N) is 1. The second-order valence-corrected chi connectivity index (χ2v) is 7.05. The molecule has 0 radical (unpaired) electrons. The lowest BCUT2D eigenvalue weighted by molar-refractivity contribution is -0.682. The number of nitriles is 1. The third-order valence-corrected chi connectivity index (χ3v) is 5.13. The van der Waals surface area contributed by atoms with Crippen LogP contribution in [-0.2, 0) is 4.79 Å². The van der Waals surface area contributed by atoms with Gasteiger partial charge in [-0.3, -0.25) is 9.36 Å². The number of rotatable bonds is 6. The summed E-state index contributed by atoms with van der Waals surface area (Å²) in [7, 11) is 0. The number of anilines is 1. The summed E-state index contributed by atoms with van der Waals surface area (Å²) in [6.07, 6.45) is 0. The van der Waals surface area contributed by atoms with E-state index >= 15 is 0 Å². The van der Waals surface area contributed by atoms with Gasteiger partial charge in [0, 0.05) is 11.3 Å². The molecule has 0 saturated carbocycles. The van der Waals surface area contributed by atoms with Crippen LogP contribution < -0.4 is 10.6 Å². The number of aromatic nitrogens is 1. The Morgan fingerprint density at radius 1 is 1.21 bits per heavy atom. The Morgan fingerprint density at radius 3 is 2.59 bits per heavy atom. The average Bonchev–Trinajstić information content (AvgIpc) is 2.96. The number of halogens is 1. The van der Waals surface area contributed by atoms with E-state index in [1.807, 2.05) is 56.4 Å². The Kier molecular flexibility index (Phi) is 6.10. The van der Waals surface area contributed by atoms with Gasteiger partial charge >= 0.3 is 0 Å². The zero-order valence-electron chi connectivity index (χ0n) is 16.7. The molecule has 0 aliphatic carbocycles. The van der Waals surface area contributed by atoms with Gasteiger partial charge in [0.25, 0.3) is 5.91 Å². The van der Waals surface area contributed by atoms with Gasteiger partial charge in [-0.05, 0) is 44.5 Å². The summed E-state index contributed by atoms with van der Waals surface area (Å²) in [5, 5.41) is 14.4. The molecular formula is C23H24FN4O+. The van der Waals surface area contributed by atoms with Gasteiger partial charge in [-0.25, -0.2) is 4.39 Å². The average molecular weight is 391 g/mol. The molecule has 0 aliphatic rings. The summed E-state index contributed by atoms with van der Waals surface area (Å²) in [6, 6.07) is 18.3. The predicted molar refractivity (Wildman–Crippen MR) is 110 cm³/mol. The number of hydrogen-bond acceptors (Lipinski definition) is 2. The summed E-state index contributed by atoms with van der Waals surface area (Å²) in [5.74, 6) is -0.229. The van der Waals surface area contributed by atoms with E-state index < -0.39 is 0 Å². The van der Waals surface area contributed by atoms with Gasteiger partial charge in [0.15, 0.2) is 6.54 Å². The smallest absolute Gasteiger partial charge is 0.280 e. The molecular weight excluding hydrogens is 367 g/mol. The number of benzene rings is 2. The molecule has 0 unspecified atom stereocenters. The van der Waals surface area contributed by atoms with E-state index in [4.69, 9.17) is 0 Å². The molecule has 1 amide bonds. The Labute approximate surface area is 169 Å². The minimum Gasteiger partial charge on any atom is -0.333 e. The Morgan fingerprint density at radius 2 is 1.93 bits per heavy atom. The fourth-order valence-corrected chi connectivity index (χ4v) is 3.36. The molecule has 3 rings (SSSR count). The van der Waals surface area contributed by atoms with Gasteiger partial charge in [-0.15, -0.1) is 0 Å². The highest BCUT2D eigenvalue weighted by atomic mass is 19.1. The topological polar surface area (TPSA) is 74.4 Å². The zero-order chi connectivity index (χ0) is 21.0. The molecule has 0 spiro atoms. The zero-order valence-corrected chi connectivity index (χ0v) is 16.7. The van der Waals surface area contributed by atoms with Crippen LogP contribution in [0.25, 0.3) is 5.69 Å². The molecule has 5 nitrogen and oxygen atoms in total. The van der Waals surface area contributed by atoms with Crippen LogP contribution in [0.5, 0.6) is 0 Å². The molecule has 0 aliphatic heterocycles. The summed E-state index contributed by atoms with van der Waals surface area (Å²) >= 11 is 0. The maximum Gasteiger partial charge on any atom is 0.280 e. The predicted octanol–water partition coefficient (Wildman–Crippen LogP) is 3.37. The van der Waals surface area contributed by atoms with Gasteiger partial charge in [-0.2, -0.15) is 5.26 Å². The number of carbonyl (C=O) groups is 1. The molecule has 0 bridgehead atoms. The Hall–Kier alpha value is -3.43. The first-order valence-electron chi connectivity index (χ1n) is 9.48. The summed E-state index contributed by atoms with van der Waals surface area (Å²) in [5.41, 5.74) is 3.62. The van der Waals surface area contributed by atoms with Gasteiger partial charge in [0.2, 0.25) is 0 Å². The van der Waals surface area contributed by atoms with Crippen LogP contribution in [0.3, 0.4) is 0 Å². The van der Waals surface area contributed by atoms with Crippen molar-refractivity contribution in [3.05, 3.63) is 82.8 Å². The van der Waals surface area contributed by atoms with E-state index in [2.05, 4.69) is 11.4 Å². The second kappa shape index (κ2) is 8.72. The van der Waals surface area contributed by atoms with Crippen molar-refractivity contribution >= 4 is 11.7 Å². The molecule has 1 aromatic heterocycles. The summed E-state index contributed by atoms with van der Waals surface area (Å²) in [6.45, 7) is 5.91. The number of hydrogen-bond donors (Lipinski definition) is 2. The van der Waals surface area contributed by atoms with E-state index in [0.29, 0.717) is 17.1 Å². The van der Waals surface area contributed by atoms with Crippen LogP contribution in [-0.4, -0.2) is 17.0 Å². The summed E-state index contributed by atoms with van der Waals surface area (Å²) in [4.78, 5) is 12.6. The molecule has 3 N–H and O–H groups in total. The highest BCUT2D eigenvalue weighted by Crippen LogP contribution is 2.30. The van der Waals surface area contributed by atoms with Gasteiger partial charge < -0.3 is 10.6 Å². The van der Waals surface area contributed by atoms with Crippen molar-refractivity contribution in [2.75, 3.05) is 11.9 Å². The van der Waals surface area contributed by atoms with Crippen molar-refractivity contribution in [1.29, 1.82) is 5.26 Å². The van der Waals surface area contributed by atoms with Gasteiger partial charge in [-0.1, -0.05) is 36.4 Å². The Bertz CT molecular complexity index is 1070. The third kappa shape index (κ3) is 4.36. The molecule has 2 aromatic carbocycles. The lowest BCUT2D eigenvalue weighted by Gasteiger charge is -2.14. The largest absolute Gasteiger partial charge is 0.333 e. The number of quaternary nitrogens is 1. The van der Waals surface area contributed by atoms with Crippen LogP contribution in [0.1, 0.15) is 35.3 Å². The number of carbonyl (C=O) groups excluding carboxylic acids is 1. The molecule has 1 atom stereocenters. The maximum absolute atomic E-state index is 13.8. The standard InChI is InChI=1S/C23H23FN4O/c1-15-17(3)28(20-11-7-10-19(24)12-20)23(21(15)13-25)27-22(29)14-26-16(2)18-8-5-4-6-9-18/h4-12,16,26H,14H2,1-3H3,(H,27,29)/p+1/t16-/m1/s1. The van der Waals surface area contributed by atoms with E-state index in [-0.39, 0.29) is 24.3 Å². The van der Waals surface area contributed by atoms with Crippen LogP contribution in [0.4, 0.5) is 10.2 Å². The number of nitrogens with one attached hydrogen (secondary N) is 1. The van der Waals surface area contributed by atoms with Crippen LogP contribution in [0.2, 0.25) is 0 Å². The minimum absolute atomic E-state index is 0.121. The Balaban J connectivity index is 1.84. The van der Waals surface area contributed by atoms with Crippen molar-refractivity contribution < 1.29 is 14.5 Å². The van der Waals surface area contributed by atoms with Gasteiger partial charge in [0.05, 0.1) is 11.3 Å². The highest BCUT2D eigenvalue weighted by molar-refractivity contribution is 5.93. The SMILES string of the molecule is Cc1c(C#N)c(NC(=O)C[NH2+][C@H](C)c2ccccc2)n(-c2cccc(F)c2)c1C. The van der Waals surface area contributed by atoms with Crippen molar-refractivity contribution in [3.63, 3.8) is 0 Å². The maximum atomic E-state index is 13.8. The normalized spacial score (nSPS) is 11.7. The van der Waals surface area contributed by atoms with E-state index in [9.17, 15) is 14.4 Å². The lowest BCUT2D eigenvalue weighted by Crippen LogP contribution is -2.86. The fourth-order valence-electron chi connectivity index (χ4n) is 3.36. The van der Waals surface area contributed by atoms with E-state index in [1.165, 1.54) is 12.1 Å². The summed E-state index contributed by atoms with van der Waals surface area (Å²) < 4.78 is 15.5. The van der Waals surface area contributed by atoms with Crippen molar-refractivity contribution in [1.82, 2.24) is 4.57 Å². The van der Waals surface area contributed by atoms with Crippen LogP contribution >= 0.6 is 0 Å². The first-order chi connectivity index (χ1) is 13.9. The highest BCUT2D eigenvalue weighted by Gasteiger charge is 2.22. The van der Waals surface area contributed by atoms with Gasteiger partial charge in [0.1, 0.15) is 23.7 Å². The molecule has 0 saturated heterocycles. The monoisotopic (exact) mass is 391 g/mol. The van der Waals surface area contributed by atoms with E-state index in [1.54, 1.807) is 16.7 Å². The van der Waals surface area contributed by atoms with Crippen molar-refractivity contribution in [3.8, 4) is 11.8 Å². The van der Waals surface area contributed by atoms with Crippen molar-refractivity contribution in [2.24, 2.45) is 0 Å². The third-order valence-electron chi connectivity index (χ3n) is 5.13. The molecule has 0 fully saturated rings. The molecule has 148 valence electrons. The second-order valence-electron chi connectivity index (χ2n) is 7.05. The minimum atomic E-state index is -0.381. The molecule has 6 heteroatoms. The first kappa shape index (κ1) is 20.3. The fraction of sp³-hybridized carbons (Fsp3) is 0.217. The number of amides is 1. The van der Waals surface area contributed by atoms with E-state index in [0.717, 1.165) is 16.8 Å². The lowest BCUT2D eigenvalue weighted by atomic mass is 10.1. The van der Waals surface area contributed by atoms with Crippen LogP contribution in [0, 0.1) is 31.0 Å². The molecule has 3 aromatic rings. The quantitative estimate of drug-likeness (QED) is 0.676. The van der Waals surface area contributed by atoms with Crippen molar-refractivity contribution in [2.45, 2.75) is 26.8 Å². The van der Waals surface area contributed by atoms with Crippen LogP contribution in [0.15, 0.2) is 54.6 Å². The molecule has 29 heavy (non-hydrogen) atoms.